The van der Waals surface area contributed by atoms with E-state index in [0.717, 1.165) is 26.1 Å². The summed E-state index contributed by atoms with van der Waals surface area (Å²) in [6, 6.07) is 9.38. The van der Waals surface area contributed by atoms with Gasteiger partial charge in [-0.25, -0.2) is 0 Å². The molecule has 0 bridgehead atoms. The van der Waals surface area contributed by atoms with E-state index >= 15 is 0 Å². The van der Waals surface area contributed by atoms with Crippen molar-refractivity contribution in [3.8, 4) is 0 Å². The maximum Gasteiger partial charge on any atom is 0.0678 e. The first kappa shape index (κ1) is 15.5. The first-order valence-corrected chi connectivity index (χ1v) is 7.76. The molecule has 0 amide bonds. The van der Waals surface area contributed by atoms with Gasteiger partial charge in [0.05, 0.1) is 12.2 Å². The van der Waals surface area contributed by atoms with Gasteiger partial charge < -0.3 is 10.1 Å². The number of rotatable bonds is 5. The Balaban J connectivity index is 2.00. The average molecular weight is 276 g/mol. The molecule has 1 heterocycles. The third-order valence-electron chi connectivity index (χ3n) is 4.07. The highest BCUT2D eigenvalue weighted by Gasteiger charge is 2.24. The van der Waals surface area contributed by atoms with Gasteiger partial charge in [-0.2, -0.15) is 0 Å². The molecule has 0 radical (unpaired) electrons. The Labute approximate surface area is 123 Å². The SMILES string of the molecule is CCc1ccc(C(CN2C[C@@H](C)O[C@@H](C)C2)NC)cc1. The summed E-state index contributed by atoms with van der Waals surface area (Å²) in [6.07, 6.45) is 1.76. The Morgan fingerprint density at radius 3 is 2.30 bits per heavy atom. The number of nitrogens with one attached hydrogen (secondary N) is 1. The maximum atomic E-state index is 5.81. The van der Waals surface area contributed by atoms with Crippen LogP contribution in [0.4, 0.5) is 0 Å². The van der Waals surface area contributed by atoms with Crippen molar-refractivity contribution >= 4 is 0 Å². The number of hydrogen-bond acceptors (Lipinski definition) is 3. The lowest BCUT2D eigenvalue weighted by Gasteiger charge is -2.37. The maximum absolute atomic E-state index is 5.81. The molecule has 0 saturated carbocycles. The molecule has 3 atom stereocenters. The van der Waals surface area contributed by atoms with E-state index in [2.05, 4.69) is 55.3 Å². The second kappa shape index (κ2) is 7.21. The molecule has 1 aliphatic heterocycles. The molecule has 0 aliphatic carbocycles. The normalized spacial score (nSPS) is 25.6. The van der Waals surface area contributed by atoms with E-state index in [-0.39, 0.29) is 0 Å². The molecule has 1 aromatic carbocycles. The van der Waals surface area contributed by atoms with Gasteiger partial charge >= 0.3 is 0 Å². The fourth-order valence-corrected chi connectivity index (χ4v) is 3.04. The molecule has 112 valence electrons. The van der Waals surface area contributed by atoms with Crippen molar-refractivity contribution < 1.29 is 4.74 Å². The van der Waals surface area contributed by atoms with Crippen molar-refractivity contribution in [2.24, 2.45) is 0 Å². The summed E-state index contributed by atoms with van der Waals surface area (Å²) >= 11 is 0. The minimum absolute atomic E-state index is 0.332. The lowest BCUT2D eigenvalue weighted by molar-refractivity contribution is -0.0698. The number of nitrogens with zero attached hydrogens (tertiary/aromatic N) is 1. The third kappa shape index (κ3) is 4.05. The molecular formula is C17H28N2O. The zero-order valence-electron chi connectivity index (χ0n) is 13.2. The van der Waals surface area contributed by atoms with E-state index in [1.54, 1.807) is 0 Å². The topological polar surface area (TPSA) is 24.5 Å². The van der Waals surface area contributed by atoms with E-state index in [4.69, 9.17) is 4.74 Å². The van der Waals surface area contributed by atoms with Crippen molar-refractivity contribution in [3.05, 3.63) is 35.4 Å². The molecule has 1 saturated heterocycles. The van der Waals surface area contributed by atoms with Gasteiger partial charge in [-0.3, -0.25) is 4.90 Å². The zero-order chi connectivity index (χ0) is 14.5. The van der Waals surface area contributed by atoms with Gasteiger partial charge in [0.25, 0.3) is 0 Å². The number of morpholine rings is 1. The Bertz CT molecular complexity index is 394. The number of aryl methyl sites for hydroxylation is 1. The molecule has 0 aromatic heterocycles. The molecule has 3 nitrogen and oxygen atoms in total. The van der Waals surface area contributed by atoms with Gasteiger partial charge in [0.1, 0.15) is 0 Å². The van der Waals surface area contributed by atoms with Gasteiger partial charge in [-0.1, -0.05) is 31.2 Å². The molecule has 2 rings (SSSR count). The van der Waals surface area contributed by atoms with Crippen LogP contribution in [0.2, 0.25) is 0 Å². The van der Waals surface area contributed by atoms with Crippen LogP contribution in [0.3, 0.4) is 0 Å². The standard InChI is InChI=1S/C17H28N2O/c1-5-15-6-8-16(9-7-15)17(18-4)12-19-10-13(2)20-14(3)11-19/h6-9,13-14,17-18H,5,10-12H2,1-4H3/t13-,14+,17?. The lowest BCUT2D eigenvalue weighted by atomic mass is 10.0. The Kier molecular flexibility index (Phi) is 5.58. The summed E-state index contributed by atoms with van der Waals surface area (Å²) in [5.74, 6) is 0. The number of hydrogen-bond donors (Lipinski definition) is 1. The van der Waals surface area contributed by atoms with Gasteiger partial charge in [0, 0.05) is 25.7 Å². The van der Waals surface area contributed by atoms with Crippen LogP contribution < -0.4 is 5.32 Å². The van der Waals surface area contributed by atoms with Gasteiger partial charge in [0.15, 0.2) is 0 Å². The predicted octanol–water partition coefficient (Wildman–Crippen LogP) is 2.62. The molecule has 1 aromatic rings. The first-order chi connectivity index (χ1) is 9.62. The van der Waals surface area contributed by atoms with E-state index in [0.29, 0.717) is 18.2 Å². The van der Waals surface area contributed by atoms with Crippen LogP contribution in [-0.2, 0) is 11.2 Å². The quantitative estimate of drug-likeness (QED) is 0.895. The van der Waals surface area contributed by atoms with Crippen LogP contribution in [0.15, 0.2) is 24.3 Å². The highest BCUT2D eigenvalue weighted by molar-refractivity contribution is 5.25. The Morgan fingerprint density at radius 1 is 1.20 bits per heavy atom. The molecular weight excluding hydrogens is 248 g/mol. The third-order valence-corrected chi connectivity index (χ3v) is 4.07. The molecule has 1 N–H and O–H groups in total. The Morgan fingerprint density at radius 2 is 1.80 bits per heavy atom. The van der Waals surface area contributed by atoms with Crippen LogP contribution in [0, 0.1) is 0 Å². The number of likely N-dealkylation sites (N-methyl/N-ethyl adjacent to an activating group) is 1. The molecule has 0 spiro atoms. The van der Waals surface area contributed by atoms with Crippen molar-refractivity contribution in [3.63, 3.8) is 0 Å². The van der Waals surface area contributed by atoms with Crippen LogP contribution in [0.1, 0.15) is 37.9 Å². The highest BCUT2D eigenvalue weighted by Crippen LogP contribution is 2.18. The number of ether oxygens (including phenoxy) is 1. The van der Waals surface area contributed by atoms with E-state index in [1.807, 2.05) is 7.05 Å². The minimum Gasteiger partial charge on any atom is -0.373 e. The van der Waals surface area contributed by atoms with Crippen LogP contribution >= 0.6 is 0 Å². The summed E-state index contributed by atoms with van der Waals surface area (Å²) in [7, 11) is 2.05. The summed E-state index contributed by atoms with van der Waals surface area (Å²) in [6.45, 7) is 9.60. The van der Waals surface area contributed by atoms with Crippen molar-refractivity contribution in [1.82, 2.24) is 10.2 Å². The second-order valence-corrected chi connectivity index (χ2v) is 5.91. The second-order valence-electron chi connectivity index (χ2n) is 5.91. The molecule has 3 heteroatoms. The summed E-state index contributed by atoms with van der Waals surface area (Å²) in [5, 5.41) is 3.45. The van der Waals surface area contributed by atoms with E-state index in [1.165, 1.54) is 11.1 Å². The van der Waals surface area contributed by atoms with Gasteiger partial charge in [0.2, 0.25) is 0 Å². The summed E-state index contributed by atoms with van der Waals surface area (Å²) in [5.41, 5.74) is 2.77. The smallest absolute Gasteiger partial charge is 0.0678 e. The van der Waals surface area contributed by atoms with Crippen LogP contribution in [-0.4, -0.2) is 43.8 Å². The molecule has 1 aliphatic rings. The monoisotopic (exact) mass is 276 g/mol. The zero-order valence-corrected chi connectivity index (χ0v) is 13.2. The number of benzene rings is 1. The van der Waals surface area contributed by atoms with Crippen molar-refractivity contribution in [2.45, 2.75) is 45.4 Å². The van der Waals surface area contributed by atoms with Gasteiger partial charge in [-0.15, -0.1) is 0 Å². The lowest BCUT2D eigenvalue weighted by Crippen LogP contribution is -2.48. The summed E-state index contributed by atoms with van der Waals surface area (Å²) < 4.78 is 5.81. The fraction of sp³-hybridized carbons (Fsp3) is 0.647. The predicted molar refractivity (Wildman–Crippen MR) is 84.1 cm³/mol. The highest BCUT2D eigenvalue weighted by atomic mass is 16.5. The Hall–Kier alpha value is -0.900. The first-order valence-electron chi connectivity index (χ1n) is 7.76. The molecule has 1 unspecified atom stereocenters. The van der Waals surface area contributed by atoms with Gasteiger partial charge in [-0.05, 0) is 38.4 Å². The summed E-state index contributed by atoms with van der Waals surface area (Å²) in [4.78, 5) is 2.51. The average Bonchev–Trinajstić information content (AvgIpc) is 2.44. The van der Waals surface area contributed by atoms with Crippen molar-refractivity contribution in [1.29, 1.82) is 0 Å². The minimum atomic E-state index is 0.332. The van der Waals surface area contributed by atoms with Crippen LogP contribution in [0.5, 0.6) is 0 Å². The van der Waals surface area contributed by atoms with Crippen molar-refractivity contribution in [2.75, 3.05) is 26.7 Å². The van der Waals surface area contributed by atoms with E-state index in [9.17, 15) is 0 Å². The largest absolute Gasteiger partial charge is 0.373 e. The van der Waals surface area contributed by atoms with E-state index < -0.39 is 0 Å². The fourth-order valence-electron chi connectivity index (χ4n) is 3.04. The molecule has 1 fully saturated rings. The molecule has 20 heavy (non-hydrogen) atoms. The van der Waals surface area contributed by atoms with Crippen LogP contribution in [0.25, 0.3) is 0 Å².